The molecule has 7 nitrogen and oxygen atoms in total. The number of aromatic nitrogens is 4. The second kappa shape index (κ2) is 7.06. The van der Waals surface area contributed by atoms with E-state index in [0.717, 1.165) is 41.0 Å². The zero-order valence-corrected chi connectivity index (χ0v) is 16.3. The van der Waals surface area contributed by atoms with Crippen molar-refractivity contribution in [2.45, 2.75) is 32.6 Å². The van der Waals surface area contributed by atoms with Crippen LogP contribution in [0.5, 0.6) is 5.88 Å². The highest BCUT2D eigenvalue weighted by Crippen LogP contribution is 2.46. The Kier molecular flexibility index (Phi) is 4.57. The van der Waals surface area contributed by atoms with Gasteiger partial charge in [-0.3, -0.25) is 5.10 Å². The minimum Gasteiger partial charge on any atom is -0.420 e. The van der Waals surface area contributed by atoms with Gasteiger partial charge in [-0.05, 0) is 25.5 Å². The highest BCUT2D eigenvalue weighted by atomic mass is 35.5. The number of rotatable bonds is 4. The van der Waals surface area contributed by atoms with Crippen LogP contribution in [-0.4, -0.2) is 20.0 Å². The number of H-pyrrole nitrogens is 1. The minimum atomic E-state index is -0.487. The van der Waals surface area contributed by atoms with Crippen LogP contribution in [0.1, 0.15) is 41.8 Å². The third kappa shape index (κ3) is 2.74. The lowest BCUT2D eigenvalue weighted by molar-refractivity contribution is 0.378. The van der Waals surface area contributed by atoms with E-state index in [9.17, 15) is 5.26 Å². The summed E-state index contributed by atoms with van der Waals surface area (Å²) >= 11 is 6.79. The Morgan fingerprint density at radius 3 is 2.75 bits per heavy atom. The van der Waals surface area contributed by atoms with Crippen molar-refractivity contribution in [1.82, 2.24) is 20.0 Å². The molecule has 0 spiro atoms. The number of nitriles is 1. The first-order valence-electron chi connectivity index (χ1n) is 9.01. The van der Waals surface area contributed by atoms with Gasteiger partial charge in [0.15, 0.2) is 0 Å². The van der Waals surface area contributed by atoms with Gasteiger partial charge >= 0.3 is 0 Å². The largest absolute Gasteiger partial charge is 0.420 e. The molecule has 0 unspecified atom stereocenters. The molecule has 3 heterocycles. The molecule has 8 heteroatoms. The number of nitrogens with zero attached hydrogens (tertiary/aromatic N) is 4. The predicted octanol–water partition coefficient (Wildman–Crippen LogP) is 3.73. The zero-order valence-electron chi connectivity index (χ0n) is 15.5. The van der Waals surface area contributed by atoms with Gasteiger partial charge in [0.05, 0.1) is 22.9 Å². The van der Waals surface area contributed by atoms with Crippen LogP contribution in [0.4, 0.5) is 0 Å². The monoisotopic (exact) mass is 394 g/mol. The molecule has 0 radical (unpaired) electrons. The molecule has 4 rings (SSSR count). The van der Waals surface area contributed by atoms with E-state index >= 15 is 0 Å². The van der Waals surface area contributed by atoms with Crippen LogP contribution in [0, 0.1) is 18.3 Å². The van der Waals surface area contributed by atoms with E-state index in [1.807, 2.05) is 37.3 Å². The van der Waals surface area contributed by atoms with Crippen molar-refractivity contribution in [2.24, 2.45) is 5.73 Å². The van der Waals surface area contributed by atoms with Crippen molar-refractivity contribution in [1.29, 1.82) is 5.26 Å². The molecule has 0 saturated carbocycles. The SMILES string of the molecule is CCCc1[nH]nc2c1[C@@H](c1c(C)nn(-c3ccccc3)c1Cl)C(C#N)=C(N)O2. The van der Waals surface area contributed by atoms with Gasteiger partial charge in [-0.2, -0.15) is 10.4 Å². The van der Waals surface area contributed by atoms with Crippen molar-refractivity contribution in [2.75, 3.05) is 0 Å². The lowest BCUT2D eigenvalue weighted by Crippen LogP contribution is -2.21. The molecule has 3 N–H and O–H groups in total. The van der Waals surface area contributed by atoms with Crippen molar-refractivity contribution < 1.29 is 4.74 Å². The summed E-state index contributed by atoms with van der Waals surface area (Å²) in [6.45, 7) is 3.95. The number of aromatic amines is 1. The summed E-state index contributed by atoms with van der Waals surface area (Å²) in [5.41, 5.74) is 10.3. The van der Waals surface area contributed by atoms with Gasteiger partial charge in [0, 0.05) is 11.3 Å². The molecule has 0 saturated heterocycles. The van der Waals surface area contributed by atoms with Gasteiger partial charge in [0.1, 0.15) is 16.8 Å². The maximum Gasteiger partial charge on any atom is 0.244 e. The Morgan fingerprint density at radius 2 is 2.07 bits per heavy atom. The number of para-hydroxylation sites is 1. The van der Waals surface area contributed by atoms with E-state index in [2.05, 4.69) is 28.3 Å². The number of fused-ring (bicyclic) bond motifs is 1. The Morgan fingerprint density at radius 1 is 1.32 bits per heavy atom. The summed E-state index contributed by atoms with van der Waals surface area (Å²) in [6, 6.07) is 11.8. The summed E-state index contributed by atoms with van der Waals surface area (Å²) in [5, 5.41) is 22.1. The van der Waals surface area contributed by atoms with Crippen molar-refractivity contribution >= 4 is 11.6 Å². The predicted molar refractivity (Wildman–Crippen MR) is 105 cm³/mol. The summed E-state index contributed by atoms with van der Waals surface area (Å²) in [4.78, 5) is 0. The van der Waals surface area contributed by atoms with Gasteiger partial charge in [-0.15, -0.1) is 5.10 Å². The number of hydrogen-bond donors (Lipinski definition) is 2. The van der Waals surface area contributed by atoms with Crippen LogP contribution >= 0.6 is 11.6 Å². The molecule has 0 fully saturated rings. The number of nitrogens with one attached hydrogen (secondary N) is 1. The molecule has 1 aromatic carbocycles. The quantitative estimate of drug-likeness (QED) is 0.701. The Balaban J connectivity index is 1.95. The maximum absolute atomic E-state index is 9.81. The Hall–Kier alpha value is -3.24. The number of ether oxygens (including phenoxy) is 1. The fourth-order valence-electron chi connectivity index (χ4n) is 3.62. The smallest absolute Gasteiger partial charge is 0.244 e. The van der Waals surface area contributed by atoms with Crippen LogP contribution in [0.3, 0.4) is 0 Å². The summed E-state index contributed by atoms with van der Waals surface area (Å²) < 4.78 is 7.28. The Bertz CT molecular complexity index is 1110. The van der Waals surface area contributed by atoms with Crippen molar-refractivity contribution in [3.8, 4) is 17.6 Å². The van der Waals surface area contributed by atoms with Crippen LogP contribution in [0.15, 0.2) is 41.8 Å². The van der Waals surface area contributed by atoms with Crippen LogP contribution in [-0.2, 0) is 6.42 Å². The molecule has 0 aliphatic carbocycles. The molecule has 1 aliphatic heterocycles. The molecule has 0 amide bonds. The topological polar surface area (TPSA) is 106 Å². The van der Waals surface area contributed by atoms with E-state index < -0.39 is 5.92 Å². The summed E-state index contributed by atoms with van der Waals surface area (Å²) in [5.74, 6) is -0.0654. The molecule has 1 aliphatic rings. The first kappa shape index (κ1) is 18.1. The minimum absolute atomic E-state index is 0.0393. The van der Waals surface area contributed by atoms with Crippen molar-refractivity contribution in [3.63, 3.8) is 0 Å². The fraction of sp³-hybridized carbons (Fsp3) is 0.250. The van der Waals surface area contributed by atoms with Gasteiger partial charge in [0.2, 0.25) is 11.8 Å². The molecule has 0 bridgehead atoms. The number of nitrogens with two attached hydrogens (primary N) is 1. The average Bonchev–Trinajstić information content (AvgIpc) is 3.22. The molecular formula is C20H19ClN6O. The van der Waals surface area contributed by atoms with Crippen LogP contribution < -0.4 is 10.5 Å². The number of aryl methyl sites for hydroxylation is 2. The second-order valence-electron chi connectivity index (χ2n) is 6.63. The molecular weight excluding hydrogens is 376 g/mol. The van der Waals surface area contributed by atoms with E-state index in [0.29, 0.717) is 16.6 Å². The standard InChI is InChI=1S/C20H19ClN6O/c1-3-7-14-17-16(13(10-22)19(23)28-20(17)25-24-14)15-11(2)26-27(18(15)21)12-8-5-4-6-9-12/h4-6,8-9,16H,3,7,23H2,1-2H3,(H,24,25)/t16-/m1/s1. The number of hydrogen-bond acceptors (Lipinski definition) is 5. The highest BCUT2D eigenvalue weighted by molar-refractivity contribution is 6.30. The molecule has 3 aromatic rings. The van der Waals surface area contributed by atoms with E-state index in [1.54, 1.807) is 4.68 Å². The molecule has 142 valence electrons. The molecule has 2 aromatic heterocycles. The summed E-state index contributed by atoms with van der Waals surface area (Å²) in [7, 11) is 0. The van der Waals surface area contributed by atoms with Crippen LogP contribution in [0.2, 0.25) is 5.15 Å². The van der Waals surface area contributed by atoms with Crippen molar-refractivity contribution in [3.05, 3.63) is 69.5 Å². The summed E-state index contributed by atoms with van der Waals surface area (Å²) in [6.07, 6.45) is 1.68. The first-order valence-corrected chi connectivity index (χ1v) is 9.39. The number of benzene rings is 1. The zero-order chi connectivity index (χ0) is 19.8. The lowest BCUT2D eigenvalue weighted by Gasteiger charge is -2.24. The van der Waals surface area contributed by atoms with E-state index in [1.165, 1.54) is 0 Å². The van der Waals surface area contributed by atoms with Gasteiger partial charge in [-0.25, -0.2) is 4.68 Å². The lowest BCUT2D eigenvalue weighted by atomic mass is 9.83. The number of halogens is 1. The molecule has 1 atom stereocenters. The van der Waals surface area contributed by atoms with Gasteiger partial charge < -0.3 is 10.5 Å². The first-order chi connectivity index (χ1) is 13.6. The van der Waals surface area contributed by atoms with Crippen LogP contribution in [0.25, 0.3) is 5.69 Å². The van der Waals surface area contributed by atoms with E-state index in [4.69, 9.17) is 22.1 Å². The fourth-order valence-corrected chi connectivity index (χ4v) is 4.00. The normalized spacial score (nSPS) is 15.9. The van der Waals surface area contributed by atoms with Gasteiger partial charge in [0.25, 0.3) is 0 Å². The Labute approximate surface area is 167 Å². The van der Waals surface area contributed by atoms with Gasteiger partial charge in [-0.1, -0.05) is 43.1 Å². The van der Waals surface area contributed by atoms with E-state index in [-0.39, 0.29) is 5.88 Å². The molecule has 28 heavy (non-hydrogen) atoms. The number of allylic oxidation sites excluding steroid dienone is 1. The maximum atomic E-state index is 9.81. The highest BCUT2D eigenvalue weighted by Gasteiger charge is 2.38. The second-order valence-corrected chi connectivity index (χ2v) is 6.99. The third-order valence-corrected chi connectivity index (χ3v) is 5.22. The third-order valence-electron chi connectivity index (χ3n) is 4.86. The average molecular weight is 395 g/mol.